The van der Waals surface area contributed by atoms with Gasteiger partial charge in [-0.3, -0.25) is 4.79 Å². The van der Waals surface area contributed by atoms with Crippen molar-refractivity contribution in [1.82, 2.24) is 0 Å². The Morgan fingerprint density at radius 2 is 2.00 bits per heavy atom. The van der Waals surface area contributed by atoms with Crippen LogP contribution in [0, 0.1) is 5.92 Å². The number of hydrogen-bond acceptors (Lipinski definition) is 2. The van der Waals surface area contributed by atoms with Gasteiger partial charge in [0.15, 0.2) is 5.78 Å². The molecule has 3 nitrogen and oxygen atoms in total. The van der Waals surface area contributed by atoms with Crippen LogP contribution >= 0.6 is 15.9 Å². The van der Waals surface area contributed by atoms with Crippen LogP contribution in [-0.4, -0.2) is 23.0 Å². The van der Waals surface area contributed by atoms with Crippen LogP contribution in [0.3, 0.4) is 0 Å². The molecule has 1 aliphatic carbocycles. The van der Waals surface area contributed by atoms with Crippen molar-refractivity contribution in [2.24, 2.45) is 5.92 Å². The van der Waals surface area contributed by atoms with Gasteiger partial charge in [0, 0.05) is 10.0 Å². The Labute approximate surface area is 99.4 Å². The van der Waals surface area contributed by atoms with Crippen LogP contribution in [0.2, 0.25) is 0 Å². The average molecular weight is 287 g/mol. The topological polar surface area (TPSA) is 54.4 Å². The Morgan fingerprint density at radius 1 is 1.38 bits per heavy atom. The molecule has 1 fully saturated rings. The zero-order valence-corrected chi connectivity index (χ0v) is 9.70. The molecule has 1 N–H and O–H groups in total. The van der Waals surface area contributed by atoms with E-state index in [1.165, 1.54) is 12.1 Å². The first kappa shape index (κ1) is 11.3. The lowest BCUT2D eigenvalue weighted by Gasteiger charge is -2.04. The molecule has 2 atom stereocenters. The summed E-state index contributed by atoms with van der Waals surface area (Å²) in [7, 11) is 0. The maximum atomic E-state index is 12.8. The SMILES string of the molecule is O=C(O)c1ccc(Br)cc1C(=O)[C@H]1C[C@H]1F. The number of carbonyl (C=O) groups excluding carboxylic acids is 1. The second-order valence-corrected chi connectivity index (χ2v) is 4.63. The van der Waals surface area contributed by atoms with Gasteiger partial charge in [0.1, 0.15) is 6.17 Å². The van der Waals surface area contributed by atoms with Crippen LogP contribution in [0.25, 0.3) is 0 Å². The molecule has 5 heteroatoms. The van der Waals surface area contributed by atoms with Gasteiger partial charge in [-0.15, -0.1) is 0 Å². The normalized spacial score (nSPS) is 22.9. The number of Topliss-reactive ketones (excluding diaryl/α,β-unsaturated/α-hetero) is 1. The molecule has 16 heavy (non-hydrogen) atoms. The summed E-state index contributed by atoms with van der Waals surface area (Å²) in [5.41, 5.74) is -0.000625. The van der Waals surface area contributed by atoms with Gasteiger partial charge >= 0.3 is 5.97 Å². The number of carboxylic acids is 1. The number of benzene rings is 1. The highest BCUT2D eigenvalue weighted by Crippen LogP contribution is 2.37. The molecule has 0 spiro atoms. The van der Waals surface area contributed by atoms with Gasteiger partial charge in [0.25, 0.3) is 0 Å². The molecule has 0 unspecified atom stereocenters. The van der Waals surface area contributed by atoms with Crippen molar-refractivity contribution in [3.63, 3.8) is 0 Å². The van der Waals surface area contributed by atoms with Crippen molar-refractivity contribution in [3.05, 3.63) is 33.8 Å². The van der Waals surface area contributed by atoms with Gasteiger partial charge < -0.3 is 5.11 Å². The second-order valence-electron chi connectivity index (χ2n) is 3.72. The largest absolute Gasteiger partial charge is 0.478 e. The predicted octanol–water partition coefficient (Wildman–Crippen LogP) is 2.69. The number of ketones is 1. The third-order valence-electron chi connectivity index (χ3n) is 2.53. The zero-order valence-electron chi connectivity index (χ0n) is 8.11. The van der Waals surface area contributed by atoms with Gasteiger partial charge in [0.05, 0.1) is 11.5 Å². The van der Waals surface area contributed by atoms with Crippen LogP contribution in [0.4, 0.5) is 4.39 Å². The molecule has 1 aromatic carbocycles. The lowest BCUT2D eigenvalue weighted by Crippen LogP contribution is -2.11. The smallest absolute Gasteiger partial charge is 0.336 e. The lowest BCUT2D eigenvalue weighted by atomic mass is 10.0. The number of carboxylic acid groups (broad SMARTS) is 1. The van der Waals surface area contributed by atoms with Crippen molar-refractivity contribution in [2.45, 2.75) is 12.6 Å². The highest BCUT2D eigenvalue weighted by Gasteiger charge is 2.44. The monoisotopic (exact) mass is 286 g/mol. The van der Waals surface area contributed by atoms with E-state index in [9.17, 15) is 14.0 Å². The summed E-state index contributed by atoms with van der Waals surface area (Å²) in [4.78, 5) is 22.7. The van der Waals surface area contributed by atoms with Crippen molar-refractivity contribution < 1.29 is 19.1 Å². The fourth-order valence-corrected chi connectivity index (χ4v) is 1.90. The molecular formula is C11H8BrFO3. The van der Waals surface area contributed by atoms with Crippen LogP contribution < -0.4 is 0 Å². The highest BCUT2D eigenvalue weighted by atomic mass is 79.9. The Kier molecular flexibility index (Phi) is 2.80. The molecular weight excluding hydrogens is 279 g/mol. The van der Waals surface area contributed by atoms with Crippen molar-refractivity contribution >= 4 is 27.7 Å². The number of halogens is 2. The third-order valence-corrected chi connectivity index (χ3v) is 3.02. The zero-order chi connectivity index (χ0) is 11.9. The number of carbonyl (C=O) groups is 2. The summed E-state index contributed by atoms with van der Waals surface area (Å²) in [6.45, 7) is 0. The van der Waals surface area contributed by atoms with E-state index in [-0.39, 0.29) is 17.5 Å². The molecule has 0 amide bonds. The van der Waals surface area contributed by atoms with Crippen LogP contribution in [0.5, 0.6) is 0 Å². The maximum Gasteiger partial charge on any atom is 0.336 e. The van der Waals surface area contributed by atoms with E-state index >= 15 is 0 Å². The molecule has 0 aliphatic heterocycles. The molecule has 2 rings (SSSR count). The first-order chi connectivity index (χ1) is 7.50. The summed E-state index contributed by atoms with van der Waals surface area (Å²) in [6.07, 6.45) is -0.919. The van der Waals surface area contributed by atoms with E-state index < -0.39 is 23.8 Å². The highest BCUT2D eigenvalue weighted by molar-refractivity contribution is 9.10. The van der Waals surface area contributed by atoms with Crippen molar-refractivity contribution in [1.29, 1.82) is 0 Å². The van der Waals surface area contributed by atoms with E-state index in [0.717, 1.165) is 0 Å². The number of alkyl halides is 1. The first-order valence-corrected chi connectivity index (χ1v) is 5.51. The van der Waals surface area contributed by atoms with E-state index in [0.29, 0.717) is 4.47 Å². The molecule has 1 saturated carbocycles. The van der Waals surface area contributed by atoms with Gasteiger partial charge in [-0.05, 0) is 24.6 Å². The van der Waals surface area contributed by atoms with Gasteiger partial charge in [-0.25, -0.2) is 9.18 Å². The second kappa shape index (κ2) is 3.97. The molecule has 0 bridgehead atoms. The number of aromatic carboxylic acids is 1. The third kappa shape index (κ3) is 2.00. The van der Waals surface area contributed by atoms with Crippen molar-refractivity contribution in [3.8, 4) is 0 Å². The Hall–Kier alpha value is -1.23. The van der Waals surface area contributed by atoms with E-state index in [1.807, 2.05) is 0 Å². The Balaban J connectivity index is 2.41. The summed E-state index contributed by atoms with van der Waals surface area (Å²) in [5.74, 6) is -2.26. The summed E-state index contributed by atoms with van der Waals surface area (Å²) in [5, 5.41) is 8.91. The first-order valence-electron chi connectivity index (χ1n) is 4.72. The Morgan fingerprint density at radius 3 is 2.50 bits per heavy atom. The van der Waals surface area contributed by atoms with E-state index in [1.54, 1.807) is 6.07 Å². The summed E-state index contributed by atoms with van der Waals surface area (Å²) >= 11 is 3.16. The quantitative estimate of drug-likeness (QED) is 0.870. The minimum atomic E-state index is -1.17. The maximum absolute atomic E-state index is 12.8. The Bertz CT molecular complexity index is 472. The van der Waals surface area contributed by atoms with Gasteiger partial charge in [-0.1, -0.05) is 15.9 Å². The van der Waals surface area contributed by atoms with Crippen molar-refractivity contribution in [2.75, 3.05) is 0 Å². The predicted molar refractivity (Wildman–Crippen MR) is 58.4 cm³/mol. The number of hydrogen-bond donors (Lipinski definition) is 1. The van der Waals surface area contributed by atoms with Crippen LogP contribution in [-0.2, 0) is 0 Å². The minimum absolute atomic E-state index is 0.0759. The fraction of sp³-hybridized carbons (Fsp3) is 0.273. The van der Waals surface area contributed by atoms with E-state index in [4.69, 9.17) is 5.11 Å². The molecule has 1 aliphatic rings. The van der Waals surface area contributed by atoms with Crippen LogP contribution in [0.15, 0.2) is 22.7 Å². The average Bonchev–Trinajstić information content (AvgIpc) is 2.94. The van der Waals surface area contributed by atoms with E-state index in [2.05, 4.69) is 15.9 Å². The minimum Gasteiger partial charge on any atom is -0.478 e. The molecule has 0 heterocycles. The number of rotatable bonds is 3. The summed E-state index contributed by atoms with van der Waals surface area (Å²) < 4.78 is 13.4. The molecule has 0 radical (unpaired) electrons. The summed E-state index contributed by atoms with van der Waals surface area (Å²) in [6, 6.07) is 4.31. The van der Waals surface area contributed by atoms with Gasteiger partial charge in [0.2, 0.25) is 0 Å². The molecule has 1 aromatic rings. The van der Waals surface area contributed by atoms with Gasteiger partial charge in [-0.2, -0.15) is 0 Å². The standard InChI is InChI=1S/C11H8BrFO3/c12-5-1-2-6(11(15)16)7(3-5)10(14)8-4-9(8)13/h1-3,8-9H,4H2,(H,15,16)/t8-,9+/m0/s1. The molecule has 84 valence electrons. The molecule has 0 aromatic heterocycles. The molecule has 0 saturated heterocycles. The van der Waals surface area contributed by atoms with Crippen LogP contribution in [0.1, 0.15) is 27.1 Å². The fourth-order valence-electron chi connectivity index (χ4n) is 1.54. The lowest BCUT2D eigenvalue weighted by molar-refractivity contribution is 0.0691.